The van der Waals surface area contributed by atoms with Gasteiger partial charge in [0.05, 0.1) is 0 Å². The molecule has 1 aromatic carbocycles. The van der Waals surface area contributed by atoms with Crippen LogP contribution < -0.4 is 5.32 Å². The molecule has 6 heteroatoms. The van der Waals surface area contributed by atoms with Crippen molar-refractivity contribution in [2.45, 2.75) is 45.4 Å². The molecule has 0 radical (unpaired) electrons. The Bertz CT molecular complexity index is 571. The van der Waals surface area contributed by atoms with Crippen LogP contribution >= 0.6 is 0 Å². The Labute approximate surface area is 147 Å². The van der Waals surface area contributed by atoms with Crippen LogP contribution in [0.1, 0.15) is 39.3 Å². The number of nitrogens with zero attached hydrogens (tertiary/aromatic N) is 1. The molecule has 1 aliphatic rings. The van der Waals surface area contributed by atoms with Gasteiger partial charge in [0, 0.05) is 47.5 Å². The molecule has 1 saturated heterocycles. The van der Waals surface area contributed by atoms with Gasteiger partial charge in [-0.05, 0) is 33.3 Å². The SMILES string of the molecule is C[C@@H](CN1CCS(=O)CC1c1ccccc1)NC(=O)OC(C)(C)C. The molecular weight excluding hydrogens is 324 g/mol. The predicted molar refractivity (Wildman–Crippen MR) is 97.5 cm³/mol. The molecule has 1 amide bonds. The molecule has 24 heavy (non-hydrogen) atoms. The minimum absolute atomic E-state index is 0.0439. The molecule has 1 aliphatic heterocycles. The highest BCUT2D eigenvalue weighted by Gasteiger charge is 2.29. The lowest BCUT2D eigenvalue weighted by molar-refractivity contribution is 0.0492. The normalized spacial score (nSPS) is 23.5. The quantitative estimate of drug-likeness (QED) is 0.905. The van der Waals surface area contributed by atoms with Crippen molar-refractivity contribution >= 4 is 16.9 Å². The zero-order chi connectivity index (χ0) is 17.7. The van der Waals surface area contributed by atoms with E-state index >= 15 is 0 Å². The molecule has 1 heterocycles. The van der Waals surface area contributed by atoms with Gasteiger partial charge in [0.2, 0.25) is 0 Å². The summed E-state index contributed by atoms with van der Waals surface area (Å²) < 4.78 is 17.3. The number of amides is 1. The summed E-state index contributed by atoms with van der Waals surface area (Å²) in [4.78, 5) is 14.2. The van der Waals surface area contributed by atoms with Crippen molar-refractivity contribution in [3.63, 3.8) is 0 Å². The van der Waals surface area contributed by atoms with Crippen LogP contribution in [0.25, 0.3) is 0 Å². The maximum Gasteiger partial charge on any atom is 0.407 e. The maximum absolute atomic E-state index is 12.0. The fourth-order valence-corrected chi connectivity index (χ4v) is 4.21. The topological polar surface area (TPSA) is 58.6 Å². The average molecular weight is 353 g/mol. The minimum atomic E-state index is -0.784. The summed E-state index contributed by atoms with van der Waals surface area (Å²) >= 11 is 0. The second kappa shape index (κ2) is 8.12. The molecular formula is C18H28N2O3S. The Kier molecular flexibility index (Phi) is 6.40. The predicted octanol–water partition coefficient (Wildman–Crippen LogP) is 2.71. The van der Waals surface area contributed by atoms with Crippen molar-refractivity contribution in [2.24, 2.45) is 0 Å². The maximum atomic E-state index is 12.0. The fourth-order valence-electron chi connectivity index (χ4n) is 2.85. The lowest BCUT2D eigenvalue weighted by atomic mass is 10.1. The number of nitrogens with one attached hydrogen (secondary N) is 1. The molecule has 0 saturated carbocycles. The molecule has 0 spiro atoms. The van der Waals surface area contributed by atoms with E-state index in [1.54, 1.807) is 0 Å². The highest BCUT2D eigenvalue weighted by Crippen LogP contribution is 2.25. The van der Waals surface area contributed by atoms with E-state index in [-0.39, 0.29) is 12.1 Å². The molecule has 1 fully saturated rings. The Morgan fingerprint density at radius 1 is 1.38 bits per heavy atom. The van der Waals surface area contributed by atoms with E-state index in [2.05, 4.69) is 22.3 Å². The van der Waals surface area contributed by atoms with Crippen LogP contribution in [-0.4, -0.2) is 51.4 Å². The lowest BCUT2D eigenvalue weighted by Crippen LogP contribution is -2.48. The van der Waals surface area contributed by atoms with Gasteiger partial charge in [-0.2, -0.15) is 0 Å². The zero-order valence-electron chi connectivity index (χ0n) is 15.0. The Balaban J connectivity index is 1.98. The van der Waals surface area contributed by atoms with E-state index in [1.165, 1.54) is 5.56 Å². The summed E-state index contributed by atoms with van der Waals surface area (Å²) in [6, 6.07) is 10.2. The molecule has 1 aromatic rings. The van der Waals surface area contributed by atoms with Crippen LogP contribution in [-0.2, 0) is 15.5 Å². The van der Waals surface area contributed by atoms with Gasteiger partial charge < -0.3 is 10.1 Å². The molecule has 3 atom stereocenters. The van der Waals surface area contributed by atoms with Crippen molar-refractivity contribution in [1.82, 2.24) is 10.2 Å². The van der Waals surface area contributed by atoms with E-state index in [9.17, 15) is 9.00 Å². The van der Waals surface area contributed by atoms with E-state index < -0.39 is 22.5 Å². The Morgan fingerprint density at radius 2 is 2.04 bits per heavy atom. The van der Waals surface area contributed by atoms with Gasteiger partial charge in [-0.3, -0.25) is 9.11 Å². The summed E-state index contributed by atoms with van der Waals surface area (Å²) in [5.74, 6) is 1.33. The molecule has 2 unspecified atom stereocenters. The molecule has 5 nitrogen and oxygen atoms in total. The summed E-state index contributed by atoms with van der Waals surface area (Å²) in [6.45, 7) is 8.99. The van der Waals surface area contributed by atoms with Gasteiger partial charge in [0.15, 0.2) is 0 Å². The van der Waals surface area contributed by atoms with Crippen LogP contribution in [0.3, 0.4) is 0 Å². The number of carbonyl (C=O) groups excluding carboxylic acids is 1. The van der Waals surface area contributed by atoms with Crippen molar-refractivity contribution in [1.29, 1.82) is 0 Å². The van der Waals surface area contributed by atoms with E-state index in [0.29, 0.717) is 18.1 Å². The summed E-state index contributed by atoms with van der Waals surface area (Å²) in [7, 11) is -0.784. The fraction of sp³-hybridized carbons (Fsp3) is 0.611. The van der Waals surface area contributed by atoms with Crippen LogP contribution in [0, 0.1) is 0 Å². The van der Waals surface area contributed by atoms with Crippen LogP contribution in [0.5, 0.6) is 0 Å². The first-order chi connectivity index (χ1) is 11.2. The van der Waals surface area contributed by atoms with Gasteiger partial charge in [-0.1, -0.05) is 30.3 Å². The van der Waals surface area contributed by atoms with Gasteiger partial charge in [0.25, 0.3) is 0 Å². The summed E-state index contributed by atoms with van der Waals surface area (Å²) in [5, 5.41) is 2.89. The smallest absolute Gasteiger partial charge is 0.407 e. The van der Waals surface area contributed by atoms with Crippen LogP contribution in [0.15, 0.2) is 30.3 Å². The highest BCUT2D eigenvalue weighted by molar-refractivity contribution is 7.85. The summed E-state index contributed by atoms with van der Waals surface area (Å²) in [5.41, 5.74) is 0.674. The van der Waals surface area contributed by atoms with E-state index in [0.717, 1.165) is 6.54 Å². The number of alkyl carbamates (subject to hydrolysis) is 1. The third-order valence-corrected chi connectivity index (χ3v) is 5.17. The first kappa shape index (κ1) is 18.9. The zero-order valence-corrected chi connectivity index (χ0v) is 15.8. The molecule has 134 valence electrons. The standard InChI is InChI=1S/C18H28N2O3S/c1-14(19-17(21)23-18(2,3)4)12-20-10-11-24(22)13-16(20)15-8-6-5-7-9-15/h5-9,14,16H,10-13H2,1-4H3,(H,19,21)/t14-,16?,24?/m0/s1. The number of carbonyl (C=O) groups is 1. The number of ether oxygens (including phenoxy) is 1. The summed E-state index contributed by atoms with van der Waals surface area (Å²) in [6.07, 6.45) is -0.396. The monoisotopic (exact) mass is 352 g/mol. The largest absolute Gasteiger partial charge is 0.444 e. The lowest BCUT2D eigenvalue weighted by Gasteiger charge is -2.37. The van der Waals surface area contributed by atoms with Crippen molar-refractivity contribution in [3.8, 4) is 0 Å². The van der Waals surface area contributed by atoms with Crippen LogP contribution in [0.2, 0.25) is 0 Å². The Morgan fingerprint density at radius 3 is 2.67 bits per heavy atom. The van der Waals surface area contributed by atoms with Crippen molar-refractivity contribution in [3.05, 3.63) is 35.9 Å². The number of rotatable bonds is 4. The number of hydrogen-bond donors (Lipinski definition) is 1. The Hall–Kier alpha value is -1.40. The van der Waals surface area contributed by atoms with Crippen molar-refractivity contribution < 1.29 is 13.7 Å². The van der Waals surface area contributed by atoms with Gasteiger partial charge in [0.1, 0.15) is 5.60 Å². The van der Waals surface area contributed by atoms with Crippen LogP contribution in [0.4, 0.5) is 4.79 Å². The second-order valence-corrected chi connectivity index (χ2v) is 8.90. The minimum Gasteiger partial charge on any atom is -0.444 e. The number of hydrogen-bond acceptors (Lipinski definition) is 4. The first-order valence-corrected chi connectivity index (χ1v) is 9.87. The molecule has 0 aromatic heterocycles. The van der Waals surface area contributed by atoms with Gasteiger partial charge in [-0.25, -0.2) is 4.79 Å². The van der Waals surface area contributed by atoms with Crippen molar-refractivity contribution in [2.75, 3.05) is 24.6 Å². The molecule has 1 N–H and O–H groups in total. The highest BCUT2D eigenvalue weighted by atomic mass is 32.2. The van der Waals surface area contributed by atoms with Gasteiger partial charge >= 0.3 is 6.09 Å². The molecule has 0 aliphatic carbocycles. The molecule has 2 rings (SSSR count). The third-order valence-electron chi connectivity index (χ3n) is 3.85. The number of benzene rings is 1. The molecule has 0 bridgehead atoms. The first-order valence-electron chi connectivity index (χ1n) is 8.38. The van der Waals surface area contributed by atoms with Gasteiger partial charge in [-0.15, -0.1) is 0 Å². The average Bonchev–Trinajstić information content (AvgIpc) is 2.48. The third kappa shape index (κ3) is 5.91. The van der Waals surface area contributed by atoms with E-state index in [1.807, 2.05) is 45.9 Å². The van der Waals surface area contributed by atoms with E-state index in [4.69, 9.17) is 4.74 Å². The second-order valence-electron chi connectivity index (χ2n) is 7.28.